The number of aliphatic hydroxyl groups is 1. The zero-order valence-electron chi connectivity index (χ0n) is 15.8. The molecule has 1 atom stereocenters. The molecule has 0 aliphatic carbocycles. The molecule has 0 saturated carbocycles. The van der Waals surface area contributed by atoms with Gasteiger partial charge in [-0.2, -0.15) is 13.2 Å². The molecule has 0 aliphatic rings. The maximum atomic E-state index is 10.7. The Kier molecular flexibility index (Phi) is 8.81. The lowest BCUT2D eigenvalue weighted by molar-refractivity contribution is -0.192. The fourth-order valence-corrected chi connectivity index (χ4v) is 2.22. The van der Waals surface area contributed by atoms with E-state index < -0.39 is 24.2 Å². The molecule has 0 fully saturated rings. The number of halogens is 3. The van der Waals surface area contributed by atoms with Crippen molar-refractivity contribution < 1.29 is 38.1 Å². The number of carboxylic acids is 2. The lowest BCUT2D eigenvalue weighted by atomic mass is 10.00. The molecule has 0 aromatic heterocycles. The third-order valence-electron chi connectivity index (χ3n) is 3.84. The van der Waals surface area contributed by atoms with E-state index in [1.54, 1.807) is 12.1 Å². The molecule has 3 N–H and O–H groups in total. The summed E-state index contributed by atoms with van der Waals surface area (Å²) in [5, 5.41) is 25.4. The zero-order valence-corrected chi connectivity index (χ0v) is 15.8. The predicted molar refractivity (Wildman–Crippen MR) is 100 cm³/mol. The summed E-state index contributed by atoms with van der Waals surface area (Å²) in [7, 11) is 4.11. The number of rotatable bonds is 6. The van der Waals surface area contributed by atoms with Crippen LogP contribution in [0.3, 0.4) is 0 Å². The average Bonchev–Trinajstić information content (AvgIpc) is 2.66. The van der Waals surface area contributed by atoms with Crippen LogP contribution in [0.5, 0.6) is 0 Å². The van der Waals surface area contributed by atoms with Gasteiger partial charge in [0.25, 0.3) is 0 Å². The summed E-state index contributed by atoms with van der Waals surface area (Å²) in [4.78, 5) is 21.8. The first kappa shape index (κ1) is 24.1. The van der Waals surface area contributed by atoms with E-state index in [2.05, 4.69) is 43.3 Å². The molecule has 2 rings (SSSR count). The van der Waals surface area contributed by atoms with Crippen molar-refractivity contribution in [2.24, 2.45) is 0 Å². The first-order chi connectivity index (χ1) is 13.4. The van der Waals surface area contributed by atoms with Crippen molar-refractivity contribution in [2.45, 2.75) is 18.7 Å². The molecule has 2 aromatic carbocycles. The SMILES string of the molecule is CN(C)CCc1ccc(-c2ccc(C(O)C(=O)O)cc2)cc1.O=C(O)C(F)(F)F. The summed E-state index contributed by atoms with van der Waals surface area (Å²) in [5.41, 5.74) is 3.75. The summed E-state index contributed by atoms with van der Waals surface area (Å²) in [6, 6.07) is 15.3. The highest BCUT2D eigenvalue weighted by atomic mass is 19.4. The Morgan fingerprint density at radius 2 is 1.34 bits per heavy atom. The Morgan fingerprint density at radius 3 is 1.69 bits per heavy atom. The molecule has 0 bridgehead atoms. The number of aliphatic carboxylic acids is 2. The minimum absolute atomic E-state index is 0.388. The lowest BCUT2D eigenvalue weighted by Gasteiger charge is -2.10. The first-order valence-corrected chi connectivity index (χ1v) is 8.46. The van der Waals surface area contributed by atoms with E-state index in [1.165, 1.54) is 5.56 Å². The lowest BCUT2D eigenvalue weighted by Crippen LogP contribution is -2.21. The maximum Gasteiger partial charge on any atom is 0.490 e. The van der Waals surface area contributed by atoms with Gasteiger partial charge in [0.15, 0.2) is 6.10 Å². The minimum Gasteiger partial charge on any atom is -0.479 e. The highest BCUT2D eigenvalue weighted by Crippen LogP contribution is 2.23. The second-order valence-corrected chi connectivity index (χ2v) is 6.42. The summed E-state index contributed by atoms with van der Waals surface area (Å²) >= 11 is 0. The highest BCUT2D eigenvalue weighted by Gasteiger charge is 2.38. The number of carbonyl (C=O) groups is 2. The minimum atomic E-state index is -5.08. The number of alkyl halides is 3. The van der Waals surface area contributed by atoms with Crippen LogP contribution < -0.4 is 0 Å². The molecule has 9 heteroatoms. The van der Waals surface area contributed by atoms with Crippen molar-refractivity contribution in [1.29, 1.82) is 0 Å². The third-order valence-corrected chi connectivity index (χ3v) is 3.84. The maximum absolute atomic E-state index is 10.7. The smallest absolute Gasteiger partial charge is 0.479 e. The Balaban J connectivity index is 0.000000516. The van der Waals surface area contributed by atoms with Crippen LogP contribution in [0.4, 0.5) is 13.2 Å². The second-order valence-electron chi connectivity index (χ2n) is 6.42. The Labute approximate surface area is 165 Å². The summed E-state index contributed by atoms with van der Waals surface area (Å²) in [6.07, 6.45) is -5.54. The number of likely N-dealkylation sites (N-methyl/N-ethyl adjacent to an activating group) is 1. The van der Waals surface area contributed by atoms with Crippen molar-refractivity contribution in [1.82, 2.24) is 4.90 Å². The van der Waals surface area contributed by atoms with Gasteiger partial charge >= 0.3 is 18.1 Å². The van der Waals surface area contributed by atoms with Crippen LogP contribution in [-0.2, 0) is 16.0 Å². The van der Waals surface area contributed by atoms with Gasteiger partial charge < -0.3 is 20.2 Å². The number of hydrogen-bond donors (Lipinski definition) is 3. The van der Waals surface area contributed by atoms with Crippen molar-refractivity contribution in [3.05, 3.63) is 59.7 Å². The molecular weight excluding hydrogens is 391 g/mol. The topological polar surface area (TPSA) is 98.1 Å². The number of benzene rings is 2. The molecule has 0 aliphatic heterocycles. The van der Waals surface area contributed by atoms with Crippen LogP contribution in [0.25, 0.3) is 11.1 Å². The molecule has 0 spiro atoms. The Morgan fingerprint density at radius 1 is 0.931 bits per heavy atom. The first-order valence-electron chi connectivity index (χ1n) is 8.46. The van der Waals surface area contributed by atoms with Crippen LogP contribution >= 0.6 is 0 Å². The van der Waals surface area contributed by atoms with Gasteiger partial charge in [-0.05, 0) is 42.8 Å². The molecule has 1 unspecified atom stereocenters. The number of aliphatic hydroxyl groups excluding tert-OH is 1. The number of hydrogen-bond acceptors (Lipinski definition) is 4. The molecule has 158 valence electrons. The molecule has 2 aromatic rings. The van der Waals surface area contributed by atoms with Crippen molar-refractivity contribution in [3.63, 3.8) is 0 Å². The van der Waals surface area contributed by atoms with Gasteiger partial charge in [-0.1, -0.05) is 48.5 Å². The van der Waals surface area contributed by atoms with E-state index in [0.717, 1.165) is 24.1 Å². The van der Waals surface area contributed by atoms with Crippen LogP contribution in [0, 0.1) is 0 Å². The summed E-state index contributed by atoms with van der Waals surface area (Å²) in [5.74, 6) is -3.99. The van der Waals surface area contributed by atoms with E-state index >= 15 is 0 Å². The summed E-state index contributed by atoms with van der Waals surface area (Å²) < 4.78 is 31.7. The highest BCUT2D eigenvalue weighted by molar-refractivity contribution is 5.74. The van der Waals surface area contributed by atoms with Crippen LogP contribution in [0.2, 0.25) is 0 Å². The molecule has 0 saturated heterocycles. The van der Waals surface area contributed by atoms with E-state index in [9.17, 15) is 23.1 Å². The summed E-state index contributed by atoms with van der Waals surface area (Å²) in [6.45, 7) is 1.02. The largest absolute Gasteiger partial charge is 0.490 e. The monoisotopic (exact) mass is 413 g/mol. The number of carboxylic acid groups (broad SMARTS) is 2. The average molecular weight is 413 g/mol. The van der Waals surface area contributed by atoms with Gasteiger partial charge in [0.05, 0.1) is 0 Å². The molecule has 0 radical (unpaired) electrons. The zero-order chi connectivity index (χ0) is 22.2. The Bertz CT molecular complexity index is 802. The van der Waals surface area contributed by atoms with Gasteiger partial charge in [0.1, 0.15) is 0 Å². The number of nitrogens with zero attached hydrogens (tertiary/aromatic N) is 1. The normalized spacial score (nSPS) is 12.1. The van der Waals surface area contributed by atoms with E-state index in [-0.39, 0.29) is 0 Å². The second kappa shape index (κ2) is 10.6. The van der Waals surface area contributed by atoms with Crippen LogP contribution in [-0.4, -0.2) is 59.0 Å². The van der Waals surface area contributed by atoms with Crippen molar-refractivity contribution in [3.8, 4) is 11.1 Å². The quantitative estimate of drug-likeness (QED) is 0.673. The van der Waals surface area contributed by atoms with Gasteiger partial charge in [0.2, 0.25) is 0 Å². The molecule has 0 heterocycles. The van der Waals surface area contributed by atoms with Gasteiger partial charge in [-0.25, -0.2) is 9.59 Å². The fourth-order valence-electron chi connectivity index (χ4n) is 2.22. The van der Waals surface area contributed by atoms with Gasteiger partial charge in [0, 0.05) is 6.54 Å². The molecular formula is C20H22F3NO5. The van der Waals surface area contributed by atoms with Gasteiger partial charge in [-0.15, -0.1) is 0 Å². The van der Waals surface area contributed by atoms with Crippen LogP contribution in [0.15, 0.2) is 48.5 Å². The van der Waals surface area contributed by atoms with Crippen molar-refractivity contribution >= 4 is 11.9 Å². The molecule has 6 nitrogen and oxygen atoms in total. The van der Waals surface area contributed by atoms with E-state index in [4.69, 9.17) is 15.0 Å². The third kappa shape index (κ3) is 8.32. The van der Waals surface area contributed by atoms with E-state index in [0.29, 0.717) is 5.56 Å². The molecule has 29 heavy (non-hydrogen) atoms. The van der Waals surface area contributed by atoms with E-state index in [1.807, 2.05) is 12.1 Å². The predicted octanol–water partition coefficient (Wildman–Crippen LogP) is 3.21. The fraction of sp³-hybridized carbons (Fsp3) is 0.300. The Hall–Kier alpha value is -2.91. The van der Waals surface area contributed by atoms with Gasteiger partial charge in [-0.3, -0.25) is 0 Å². The standard InChI is InChI=1S/C18H21NO3.C2HF3O2/c1-19(2)12-11-13-3-5-14(6-4-13)15-7-9-16(10-8-15)17(20)18(21)22;3-2(4,5)1(6)7/h3-10,17,20H,11-12H2,1-2H3,(H,21,22);(H,6,7). The van der Waals surface area contributed by atoms with Crippen LogP contribution in [0.1, 0.15) is 17.2 Å². The van der Waals surface area contributed by atoms with Crippen molar-refractivity contribution in [2.75, 3.05) is 20.6 Å². The molecule has 0 amide bonds.